The number of ether oxygens (including phenoxy) is 1. The second-order valence-electron chi connectivity index (χ2n) is 4.37. The third kappa shape index (κ3) is 2.33. The SMILES string of the molecule is COc1cc(C)c(Cl)cc1C1CCNCC1. The van der Waals surface area contributed by atoms with Gasteiger partial charge in [-0.1, -0.05) is 11.6 Å². The summed E-state index contributed by atoms with van der Waals surface area (Å²) in [5, 5.41) is 4.22. The zero-order valence-corrected chi connectivity index (χ0v) is 10.6. The van der Waals surface area contributed by atoms with E-state index in [0.717, 1.165) is 42.3 Å². The fourth-order valence-electron chi connectivity index (χ4n) is 2.30. The van der Waals surface area contributed by atoms with Gasteiger partial charge in [0.25, 0.3) is 0 Å². The van der Waals surface area contributed by atoms with Crippen LogP contribution in [0.25, 0.3) is 0 Å². The van der Waals surface area contributed by atoms with E-state index in [1.54, 1.807) is 7.11 Å². The van der Waals surface area contributed by atoms with Gasteiger partial charge < -0.3 is 10.1 Å². The van der Waals surface area contributed by atoms with E-state index < -0.39 is 0 Å². The summed E-state index contributed by atoms with van der Waals surface area (Å²) < 4.78 is 5.46. The first-order chi connectivity index (χ1) is 7.72. The number of benzene rings is 1. The zero-order valence-electron chi connectivity index (χ0n) is 9.85. The van der Waals surface area contributed by atoms with E-state index in [1.807, 2.05) is 13.0 Å². The summed E-state index contributed by atoms with van der Waals surface area (Å²) in [6.07, 6.45) is 2.32. The molecule has 0 radical (unpaired) electrons. The number of rotatable bonds is 2. The van der Waals surface area contributed by atoms with Crippen molar-refractivity contribution in [1.82, 2.24) is 5.32 Å². The number of piperidine rings is 1. The lowest BCUT2D eigenvalue weighted by molar-refractivity contribution is 0.391. The third-order valence-electron chi connectivity index (χ3n) is 3.29. The van der Waals surface area contributed by atoms with Gasteiger partial charge >= 0.3 is 0 Å². The quantitative estimate of drug-likeness (QED) is 0.856. The van der Waals surface area contributed by atoms with Gasteiger partial charge in [0.2, 0.25) is 0 Å². The van der Waals surface area contributed by atoms with Crippen molar-refractivity contribution >= 4 is 11.6 Å². The highest BCUT2D eigenvalue weighted by molar-refractivity contribution is 6.31. The Balaban J connectivity index is 2.33. The van der Waals surface area contributed by atoms with Gasteiger partial charge in [-0.2, -0.15) is 0 Å². The zero-order chi connectivity index (χ0) is 11.5. The van der Waals surface area contributed by atoms with Crippen LogP contribution in [0.2, 0.25) is 5.02 Å². The second-order valence-corrected chi connectivity index (χ2v) is 4.77. The van der Waals surface area contributed by atoms with Crippen LogP contribution in [0.15, 0.2) is 12.1 Å². The van der Waals surface area contributed by atoms with Crippen molar-refractivity contribution in [3.63, 3.8) is 0 Å². The monoisotopic (exact) mass is 239 g/mol. The maximum Gasteiger partial charge on any atom is 0.122 e. The molecule has 0 spiro atoms. The Bertz CT molecular complexity index is 372. The third-order valence-corrected chi connectivity index (χ3v) is 3.70. The molecule has 1 saturated heterocycles. The average molecular weight is 240 g/mol. The molecule has 0 saturated carbocycles. The maximum atomic E-state index is 6.19. The van der Waals surface area contributed by atoms with Crippen LogP contribution in [0.5, 0.6) is 5.75 Å². The Kier molecular flexibility index (Phi) is 3.72. The fourth-order valence-corrected chi connectivity index (χ4v) is 2.47. The summed E-state index contributed by atoms with van der Waals surface area (Å²) >= 11 is 6.19. The first-order valence-electron chi connectivity index (χ1n) is 5.77. The van der Waals surface area contributed by atoms with Crippen LogP contribution in [-0.4, -0.2) is 20.2 Å². The lowest BCUT2D eigenvalue weighted by atomic mass is 9.89. The molecule has 16 heavy (non-hydrogen) atoms. The van der Waals surface area contributed by atoms with Gasteiger partial charge in [-0.15, -0.1) is 0 Å². The maximum absolute atomic E-state index is 6.19. The molecule has 1 N–H and O–H groups in total. The van der Waals surface area contributed by atoms with E-state index in [4.69, 9.17) is 16.3 Å². The lowest BCUT2D eigenvalue weighted by Crippen LogP contribution is -2.26. The predicted molar refractivity (Wildman–Crippen MR) is 67.6 cm³/mol. The molecule has 1 aromatic rings. The minimum atomic E-state index is 0.578. The van der Waals surface area contributed by atoms with E-state index in [0.29, 0.717) is 5.92 Å². The molecule has 1 fully saturated rings. The van der Waals surface area contributed by atoms with E-state index in [-0.39, 0.29) is 0 Å². The van der Waals surface area contributed by atoms with Crippen molar-refractivity contribution in [2.75, 3.05) is 20.2 Å². The number of halogens is 1. The molecule has 0 aliphatic carbocycles. The van der Waals surface area contributed by atoms with Crippen LogP contribution in [0.4, 0.5) is 0 Å². The van der Waals surface area contributed by atoms with Gasteiger partial charge in [-0.25, -0.2) is 0 Å². The minimum absolute atomic E-state index is 0.578. The standard InChI is InChI=1S/C13H18ClNO/c1-9-7-13(16-2)11(8-12(9)14)10-3-5-15-6-4-10/h7-8,10,15H,3-6H2,1-2H3. The van der Waals surface area contributed by atoms with Crippen LogP contribution < -0.4 is 10.1 Å². The summed E-state index contributed by atoms with van der Waals surface area (Å²) in [5.41, 5.74) is 2.34. The summed E-state index contributed by atoms with van der Waals surface area (Å²) in [5.74, 6) is 1.56. The van der Waals surface area contributed by atoms with Gasteiger partial charge in [0.1, 0.15) is 5.75 Å². The summed E-state index contributed by atoms with van der Waals surface area (Å²) in [4.78, 5) is 0. The molecule has 0 aromatic heterocycles. The Morgan fingerprint density at radius 1 is 1.31 bits per heavy atom. The first-order valence-corrected chi connectivity index (χ1v) is 6.15. The molecule has 1 heterocycles. The predicted octanol–water partition coefficient (Wildman–Crippen LogP) is 3.12. The summed E-state index contributed by atoms with van der Waals surface area (Å²) in [6.45, 7) is 4.18. The number of nitrogens with one attached hydrogen (secondary N) is 1. The van der Waals surface area contributed by atoms with Crippen LogP contribution in [0.3, 0.4) is 0 Å². The smallest absolute Gasteiger partial charge is 0.122 e. The van der Waals surface area contributed by atoms with Crippen LogP contribution >= 0.6 is 11.6 Å². The molecule has 3 heteroatoms. The molecule has 0 amide bonds. The molecule has 2 nitrogen and oxygen atoms in total. The van der Waals surface area contributed by atoms with Crippen molar-refractivity contribution in [2.24, 2.45) is 0 Å². The Morgan fingerprint density at radius 3 is 2.62 bits per heavy atom. The normalized spacial score (nSPS) is 17.4. The van der Waals surface area contributed by atoms with E-state index in [2.05, 4.69) is 11.4 Å². The summed E-state index contributed by atoms with van der Waals surface area (Å²) in [7, 11) is 1.73. The van der Waals surface area contributed by atoms with E-state index in [9.17, 15) is 0 Å². The average Bonchev–Trinajstić information content (AvgIpc) is 2.33. The number of hydrogen-bond acceptors (Lipinski definition) is 2. The largest absolute Gasteiger partial charge is 0.496 e. The van der Waals surface area contributed by atoms with E-state index >= 15 is 0 Å². The number of aryl methyl sites for hydroxylation is 1. The summed E-state index contributed by atoms with van der Waals surface area (Å²) in [6, 6.07) is 4.12. The van der Waals surface area contributed by atoms with E-state index in [1.165, 1.54) is 5.56 Å². The van der Waals surface area contributed by atoms with Gasteiger partial charge in [0.05, 0.1) is 7.11 Å². The Morgan fingerprint density at radius 2 is 2.00 bits per heavy atom. The highest BCUT2D eigenvalue weighted by Gasteiger charge is 2.19. The van der Waals surface area contributed by atoms with Crippen LogP contribution in [0.1, 0.15) is 29.9 Å². The van der Waals surface area contributed by atoms with Crippen molar-refractivity contribution < 1.29 is 4.74 Å². The van der Waals surface area contributed by atoms with Crippen molar-refractivity contribution in [2.45, 2.75) is 25.7 Å². The van der Waals surface area contributed by atoms with Gasteiger partial charge in [-0.05, 0) is 62.0 Å². The van der Waals surface area contributed by atoms with Crippen molar-refractivity contribution in [3.8, 4) is 5.75 Å². The molecule has 88 valence electrons. The molecule has 1 aliphatic heterocycles. The van der Waals surface area contributed by atoms with Crippen LogP contribution in [0, 0.1) is 6.92 Å². The molecular weight excluding hydrogens is 222 g/mol. The van der Waals surface area contributed by atoms with Crippen LogP contribution in [-0.2, 0) is 0 Å². The molecule has 2 rings (SSSR count). The molecular formula is C13H18ClNO. The molecule has 1 aliphatic rings. The second kappa shape index (κ2) is 5.07. The molecule has 0 unspecified atom stereocenters. The molecule has 0 atom stereocenters. The lowest BCUT2D eigenvalue weighted by Gasteiger charge is -2.25. The van der Waals surface area contributed by atoms with Gasteiger partial charge in [0, 0.05) is 5.02 Å². The van der Waals surface area contributed by atoms with Crippen molar-refractivity contribution in [3.05, 3.63) is 28.3 Å². The highest BCUT2D eigenvalue weighted by Crippen LogP contribution is 2.36. The first kappa shape index (κ1) is 11.7. The Hall–Kier alpha value is -0.730. The fraction of sp³-hybridized carbons (Fsp3) is 0.538. The van der Waals surface area contributed by atoms with Gasteiger partial charge in [0.15, 0.2) is 0 Å². The molecule has 1 aromatic carbocycles. The minimum Gasteiger partial charge on any atom is -0.496 e. The highest BCUT2D eigenvalue weighted by atomic mass is 35.5. The topological polar surface area (TPSA) is 21.3 Å². The Labute approximate surface area is 102 Å². The molecule has 0 bridgehead atoms. The number of methoxy groups -OCH3 is 1. The van der Waals surface area contributed by atoms with Gasteiger partial charge in [-0.3, -0.25) is 0 Å². The van der Waals surface area contributed by atoms with Crippen molar-refractivity contribution in [1.29, 1.82) is 0 Å². The number of hydrogen-bond donors (Lipinski definition) is 1.